The van der Waals surface area contributed by atoms with E-state index in [0.29, 0.717) is 18.1 Å². The summed E-state index contributed by atoms with van der Waals surface area (Å²) in [5.41, 5.74) is 1.23. The summed E-state index contributed by atoms with van der Waals surface area (Å²) < 4.78 is 5.02. The van der Waals surface area contributed by atoms with Gasteiger partial charge in [0.15, 0.2) is 0 Å². The number of anilines is 1. The van der Waals surface area contributed by atoms with Crippen LogP contribution in [0.4, 0.5) is 5.69 Å². The Balaban J connectivity index is 2.46. The van der Waals surface area contributed by atoms with Gasteiger partial charge in [0.1, 0.15) is 0 Å². The maximum Gasteiger partial charge on any atom is 0.335 e. The van der Waals surface area contributed by atoms with Crippen molar-refractivity contribution in [1.29, 1.82) is 0 Å². The van der Waals surface area contributed by atoms with Gasteiger partial charge in [-0.05, 0) is 30.2 Å². The molecule has 2 N–H and O–H groups in total. The maximum atomic E-state index is 10.6. The molecule has 16 heavy (non-hydrogen) atoms. The standard InChI is InChI=1S/C12H17NO3/c1-9(8-16-2)7-13-11-5-3-10(4-6-11)12(14)15/h3-6,9,13H,7-8H2,1-2H3,(H,14,15). The van der Waals surface area contributed by atoms with Crippen LogP contribution in [0.25, 0.3) is 0 Å². The summed E-state index contributed by atoms with van der Waals surface area (Å²) in [5.74, 6) is -0.483. The average molecular weight is 223 g/mol. The minimum atomic E-state index is -0.903. The Kier molecular flexibility index (Phi) is 4.79. The van der Waals surface area contributed by atoms with Crippen molar-refractivity contribution >= 4 is 11.7 Å². The minimum Gasteiger partial charge on any atom is -0.478 e. The van der Waals surface area contributed by atoms with Gasteiger partial charge in [-0.1, -0.05) is 6.92 Å². The zero-order chi connectivity index (χ0) is 12.0. The van der Waals surface area contributed by atoms with E-state index in [1.54, 1.807) is 31.4 Å². The molecule has 0 fully saturated rings. The molecule has 0 aliphatic carbocycles. The maximum absolute atomic E-state index is 10.6. The molecule has 1 rings (SSSR count). The molecule has 0 aliphatic rings. The molecule has 0 radical (unpaired) electrons. The molecule has 1 aromatic rings. The number of hydrogen-bond donors (Lipinski definition) is 2. The van der Waals surface area contributed by atoms with Crippen LogP contribution in [0, 0.1) is 5.92 Å². The van der Waals surface area contributed by atoms with Gasteiger partial charge >= 0.3 is 5.97 Å². The first-order valence-corrected chi connectivity index (χ1v) is 5.19. The van der Waals surface area contributed by atoms with Crippen molar-refractivity contribution in [2.45, 2.75) is 6.92 Å². The quantitative estimate of drug-likeness (QED) is 0.775. The van der Waals surface area contributed by atoms with Crippen molar-refractivity contribution in [3.05, 3.63) is 29.8 Å². The minimum absolute atomic E-state index is 0.301. The Morgan fingerprint density at radius 2 is 2.06 bits per heavy atom. The molecule has 0 amide bonds. The molecule has 4 nitrogen and oxygen atoms in total. The highest BCUT2D eigenvalue weighted by Gasteiger charge is 2.03. The third-order valence-electron chi connectivity index (χ3n) is 2.24. The van der Waals surface area contributed by atoms with Crippen molar-refractivity contribution < 1.29 is 14.6 Å². The third kappa shape index (κ3) is 3.90. The number of nitrogens with one attached hydrogen (secondary N) is 1. The lowest BCUT2D eigenvalue weighted by Gasteiger charge is -2.12. The smallest absolute Gasteiger partial charge is 0.335 e. The molecule has 1 aromatic carbocycles. The lowest BCUT2D eigenvalue weighted by molar-refractivity contribution is 0.0697. The number of carboxylic acids is 1. The number of aromatic carboxylic acids is 1. The summed E-state index contributed by atoms with van der Waals surface area (Å²) >= 11 is 0. The van der Waals surface area contributed by atoms with Crippen LogP contribution < -0.4 is 5.32 Å². The Bertz CT molecular complexity index is 335. The molecule has 1 unspecified atom stereocenters. The second-order valence-electron chi connectivity index (χ2n) is 3.82. The number of carboxylic acid groups (broad SMARTS) is 1. The first-order chi connectivity index (χ1) is 7.63. The van der Waals surface area contributed by atoms with E-state index in [9.17, 15) is 4.79 Å². The first-order valence-electron chi connectivity index (χ1n) is 5.19. The highest BCUT2D eigenvalue weighted by Crippen LogP contribution is 2.10. The van der Waals surface area contributed by atoms with Crippen molar-refractivity contribution in [2.24, 2.45) is 5.92 Å². The van der Waals surface area contributed by atoms with E-state index >= 15 is 0 Å². The second kappa shape index (κ2) is 6.12. The lowest BCUT2D eigenvalue weighted by Crippen LogP contribution is -2.15. The number of methoxy groups -OCH3 is 1. The summed E-state index contributed by atoms with van der Waals surface area (Å²) in [6.07, 6.45) is 0. The molecule has 0 spiro atoms. The fourth-order valence-corrected chi connectivity index (χ4v) is 1.37. The van der Waals surface area contributed by atoms with Crippen LogP contribution in [-0.2, 0) is 4.74 Å². The van der Waals surface area contributed by atoms with Crippen molar-refractivity contribution in [3.63, 3.8) is 0 Å². The molecule has 1 atom stereocenters. The van der Waals surface area contributed by atoms with Gasteiger partial charge in [-0.25, -0.2) is 4.79 Å². The van der Waals surface area contributed by atoms with E-state index in [1.807, 2.05) is 0 Å². The van der Waals surface area contributed by atoms with Crippen LogP contribution >= 0.6 is 0 Å². The summed E-state index contributed by atoms with van der Waals surface area (Å²) in [6, 6.07) is 6.71. The number of carbonyl (C=O) groups is 1. The topological polar surface area (TPSA) is 58.6 Å². The van der Waals surface area contributed by atoms with Gasteiger partial charge in [0.05, 0.1) is 12.2 Å². The molecule has 0 aliphatic heterocycles. The van der Waals surface area contributed by atoms with Gasteiger partial charge in [-0.15, -0.1) is 0 Å². The predicted molar refractivity (Wildman–Crippen MR) is 62.9 cm³/mol. The van der Waals surface area contributed by atoms with Gasteiger partial charge < -0.3 is 15.2 Å². The van der Waals surface area contributed by atoms with E-state index in [1.165, 1.54) is 0 Å². The van der Waals surface area contributed by atoms with E-state index in [2.05, 4.69) is 12.2 Å². The normalized spacial score (nSPS) is 12.1. The molecule has 88 valence electrons. The number of rotatable bonds is 6. The third-order valence-corrected chi connectivity index (χ3v) is 2.24. The van der Waals surface area contributed by atoms with Crippen LogP contribution in [0.2, 0.25) is 0 Å². The van der Waals surface area contributed by atoms with Gasteiger partial charge in [0.25, 0.3) is 0 Å². The van der Waals surface area contributed by atoms with E-state index < -0.39 is 5.97 Å². The van der Waals surface area contributed by atoms with Crippen molar-refractivity contribution in [3.8, 4) is 0 Å². The fraction of sp³-hybridized carbons (Fsp3) is 0.417. The summed E-state index contributed by atoms with van der Waals surface area (Å²) in [4.78, 5) is 10.6. The second-order valence-corrected chi connectivity index (χ2v) is 3.82. The number of ether oxygens (including phenoxy) is 1. The molecule has 0 heterocycles. The molecular weight excluding hydrogens is 206 g/mol. The van der Waals surface area contributed by atoms with E-state index in [4.69, 9.17) is 9.84 Å². The van der Waals surface area contributed by atoms with Crippen LogP contribution in [0.15, 0.2) is 24.3 Å². The van der Waals surface area contributed by atoms with Crippen LogP contribution in [0.1, 0.15) is 17.3 Å². The Morgan fingerprint density at radius 3 is 2.56 bits per heavy atom. The van der Waals surface area contributed by atoms with Crippen LogP contribution in [-0.4, -0.2) is 31.3 Å². The van der Waals surface area contributed by atoms with Crippen molar-refractivity contribution in [1.82, 2.24) is 0 Å². The first kappa shape index (κ1) is 12.5. The summed E-state index contributed by atoms with van der Waals surface area (Å²) in [7, 11) is 1.68. The summed E-state index contributed by atoms with van der Waals surface area (Å²) in [6.45, 7) is 3.60. The SMILES string of the molecule is COCC(C)CNc1ccc(C(=O)O)cc1. The number of benzene rings is 1. The Labute approximate surface area is 95.2 Å². The average Bonchev–Trinajstić information content (AvgIpc) is 2.27. The molecule has 0 saturated carbocycles. The molecule has 0 aromatic heterocycles. The molecular formula is C12H17NO3. The summed E-state index contributed by atoms with van der Waals surface area (Å²) in [5, 5.41) is 11.9. The zero-order valence-corrected chi connectivity index (χ0v) is 9.56. The molecule has 0 bridgehead atoms. The Hall–Kier alpha value is -1.55. The fourth-order valence-electron chi connectivity index (χ4n) is 1.37. The van der Waals surface area contributed by atoms with Crippen molar-refractivity contribution in [2.75, 3.05) is 25.6 Å². The van der Waals surface area contributed by atoms with E-state index in [0.717, 1.165) is 12.2 Å². The van der Waals surface area contributed by atoms with E-state index in [-0.39, 0.29) is 0 Å². The zero-order valence-electron chi connectivity index (χ0n) is 9.56. The van der Waals surface area contributed by atoms with Gasteiger partial charge in [-0.3, -0.25) is 0 Å². The highest BCUT2D eigenvalue weighted by molar-refractivity contribution is 5.87. The largest absolute Gasteiger partial charge is 0.478 e. The van der Waals surface area contributed by atoms with Gasteiger partial charge in [-0.2, -0.15) is 0 Å². The molecule has 4 heteroatoms. The highest BCUT2D eigenvalue weighted by atomic mass is 16.5. The van der Waals surface area contributed by atoms with Crippen LogP contribution in [0.3, 0.4) is 0 Å². The lowest BCUT2D eigenvalue weighted by atomic mass is 10.1. The predicted octanol–water partition coefficient (Wildman–Crippen LogP) is 2.08. The van der Waals surface area contributed by atoms with Gasteiger partial charge in [0.2, 0.25) is 0 Å². The van der Waals surface area contributed by atoms with Crippen LogP contribution in [0.5, 0.6) is 0 Å². The molecule has 0 saturated heterocycles. The number of hydrogen-bond acceptors (Lipinski definition) is 3. The Morgan fingerprint density at radius 1 is 1.44 bits per heavy atom. The monoisotopic (exact) mass is 223 g/mol. The van der Waals surface area contributed by atoms with Gasteiger partial charge in [0, 0.05) is 19.3 Å².